The molecule has 0 aromatic carbocycles. The molecule has 4 saturated carbocycles. The molecule has 11 unspecified atom stereocenters. The third-order valence-electron chi connectivity index (χ3n) is 11.5. The number of fused-ring (bicyclic) bond motifs is 5. The van der Waals surface area contributed by atoms with Crippen LogP contribution in [-0.4, -0.2) is 71.6 Å². The summed E-state index contributed by atoms with van der Waals surface area (Å²) in [5.41, 5.74) is -0.0824. The molecule has 6 heteroatoms. The summed E-state index contributed by atoms with van der Waals surface area (Å²) in [5.74, 6) is 2.17. The summed E-state index contributed by atoms with van der Waals surface area (Å²) in [5, 5.41) is 36.5. The Morgan fingerprint density at radius 1 is 1.06 bits per heavy atom. The van der Waals surface area contributed by atoms with Crippen LogP contribution >= 0.6 is 0 Å². The molecule has 0 saturated heterocycles. The van der Waals surface area contributed by atoms with Crippen LogP contribution in [-0.2, 0) is 4.79 Å². The van der Waals surface area contributed by atoms with Gasteiger partial charge in [-0.1, -0.05) is 20.8 Å². The zero-order valence-corrected chi connectivity index (χ0v) is 22.9. The number of aliphatic hydroxyl groups is 3. The van der Waals surface area contributed by atoms with Gasteiger partial charge in [0.15, 0.2) is 0 Å². The molecule has 4 aliphatic rings. The lowest BCUT2D eigenvalue weighted by molar-refractivity contribution is -0.207. The van der Waals surface area contributed by atoms with Crippen LogP contribution in [0, 0.1) is 46.3 Å². The molecule has 0 radical (unpaired) electrons. The van der Waals surface area contributed by atoms with Crippen molar-refractivity contribution >= 4 is 5.91 Å². The van der Waals surface area contributed by atoms with Crippen molar-refractivity contribution < 1.29 is 20.1 Å². The summed E-state index contributed by atoms with van der Waals surface area (Å²) in [6.45, 7) is 8.65. The van der Waals surface area contributed by atoms with Gasteiger partial charge in [-0.3, -0.25) is 4.79 Å². The molecule has 4 rings (SSSR count). The van der Waals surface area contributed by atoms with E-state index in [1.54, 1.807) is 0 Å². The summed E-state index contributed by atoms with van der Waals surface area (Å²) < 4.78 is 0. The molecule has 202 valence electrons. The second kappa shape index (κ2) is 10.6. The fraction of sp³-hybridized carbons (Fsp3) is 0.966. The van der Waals surface area contributed by atoms with Gasteiger partial charge < -0.3 is 25.5 Å². The van der Waals surface area contributed by atoms with Crippen LogP contribution in [0.2, 0.25) is 0 Å². The van der Waals surface area contributed by atoms with Crippen molar-refractivity contribution in [2.75, 3.05) is 27.2 Å². The van der Waals surface area contributed by atoms with E-state index >= 15 is 0 Å². The van der Waals surface area contributed by atoms with Gasteiger partial charge in [-0.05, 0) is 125 Å². The average molecular weight is 493 g/mol. The van der Waals surface area contributed by atoms with Crippen LogP contribution in [0.5, 0.6) is 0 Å². The van der Waals surface area contributed by atoms with E-state index in [9.17, 15) is 20.1 Å². The number of hydrogen-bond acceptors (Lipinski definition) is 5. The van der Waals surface area contributed by atoms with Gasteiger partial charge in [-0.25, -0.2) is 0 Å². The minimum absolute atomic E-state index is 0.111. The summed E-state index contributed by atoms with van der Waals surface area (Å²) in [6, 6.07) is 0. The van der Waals surface area contributed by atoms with Crippen LogP contribution in [0.1, 0.15) is 85.0 Å². The van der Waals surface area contributed by atoms with Gasteiger partial charge in [-0.2, -0.15) is 0 Å². The van der Waals surface area contributed by atoms with E-state index in [2.05, 4.69) is 31.0 Å². The number of hydrogen-bond donors (Lipinski definition) is 4. The van der Waals surface area contributed by atoms with Crippen molar-refractivity contribution in [1.82, 2.24) is 10.2 Å². The number of carbonyl (C=O) groups excluding carboxylic acids is 1. The Morgan fingerprint density at radius 3 is 2.51 bits per heavy atom. The monoisotopic (exact) mass is 492 g/mol. The SMILES string of the molecule is CC(CCC(=O)NCCCN(C)C)C1CCC2C3C(O)CC4CC(O)CCC4(C)C3CC(O)C12C. The normalized spacial score (nSPS) is 46.0. The first kappa shape index (κ1) is 27.3. The van der Waals surface area contributed by atoms with Crippen molar-refractivity contribution in [1.29, 1.82) is 0 Å². The Balaban J connectivity index is 1.41. The van der Waals surface area contributed by atoms with E-state index in [1.165, 1.54) is 0 Å². The van der Waals surface area contributed by atoms with Crippen LogP contribution in [0.3, 0.4) is 0 Å². The Kier molecular flexibility index (Phi) is 8.27. The molecule has 6 nitrogen and oxygen atoms in total. The maximum absolute atomic E-state index is 12.4. The van der Waals surface area contributed by atoms with Gasteiger partial charge in [-0.15, -0.1) is 0 Å². The molecule has 35 heavy (non-hydrogen) atoms. The third-order valence-corrected chi connectivity index (χ3v) is 11.5. The molecule has 11 atom stereocenters. The number of rotatable bonds is 8. The molecule has 0 aromatic rings. The fourth-order valence-corrected chi connectivity index (χ4v) is 9.40. The van der Waals surface area contributed by atoms with Crippen molar-refractivity contribution in [3.8, 4) is 0 Å². The van der Waals surface area contributed by atoms with E-state index < -0.39 is 0 Å². The quantitative estimate of drug-likeness (QED) is 0.390. The van der Waals surface area contributed by atoms with E-state index in [1.807, 2.05) is 14.1 Å². The number of aliphatic hydroxyl groups excluding tert-OH is 3. The zero-order valence-electron chi connectivity index (χ0n) is 22.9. The van der Waals surface area contributed by atoms with Crippen molar-refractivity contribution in [3.63, 3.8) is 0 Å². The summed E-state index contributed by atoms with van der Waals surface area (Å²) in [7, 11) is 4.09. The minimum Gasteiger partial charge on any atom is -0.393 e. The molecule has 0 spiro atoms. The van der Waals surface area contributed by atoms with E-state index in [4.69, 9.17) is 0 Å². The van der Waals surface area contributed by atoms with Gasteiger partial charge in [0.25, 0.3) is 0 Å². The van der Waals surface area contributed by atoms with Crippen LogP contribution in [0.4, 0.5) is 0 Å². The Hall–Kier alpha value is -0.690. The standard InChI is InChI=1S/C29H52N2O4/c1-18(7-10-26(35)30-13-6-14-31(4)5)21-8-9-22-27-23(17-25(34)29(21,22)3)28(2)12-11-20(32)15-19(28)16-24(27)33/h18-25,27,32-34H,6-17H2,1-5H3,(H,30,35). The summed E-state index contributed by atoms with van der Waals surface area (Å²) >= 11 is 0. The Labute approximate surface area is 213 Å². The van der Waals surface area contributed by atoms with Gasteiger partial charge in [0.1, 0.15) is 0 Å². The zero-order chi connectivity index (χ0) is 25.5. The van der Waals surface area contributed by atoms with E-state index in [0.29, 0.717) is 36.0 Å². The van der Waals surface area contributed by atoms with Gasteiger partial charge in [0.05, 0.1) is 18.3 Å². The lowest BCUT2D eigenvalue weighted by Crippen LogP contribution is -2.62. The van der Waals surface area contributed by atoms with E-state index in [-0.39, 0.29) is 41.0 Å². The molecular formula is C29H52N2O4. The summed E-state index contributed by atoms with van der Waals surface area (Å²) in [6.07, 6.45) is 7.81. The molecular weight excluding hydrogens is 440 g/mol. The van der Waals surface area contributed by atoms with Gasteiger partial charge >= 0.3 is 0 Å². The van der Waals surface area contributed by atoms with Crippen LogP contribution < -0.4 is 5.32 Å². The highest BCUT2D eigenvalue weighted by atomic mass is 16.3. The molecule has 0 heterocycles. The predicted molar refractivity (Wildman–Crippen MR) is 139 cm³/mol. The molecule has 1 amide bonds. The molecule has 0 bridgehead atoms. The second-order valence-electron chi connectivity index (χ2n) is 13.5. The van der Waals surface area contributed by atoms with Crippen molar-refractivity contribution in [2.24, 2.45) is 46.3 Å². The highest BCUT2D eigenvalue weighted by Crippen LogP contribution is 2.68. The maximum Gasteiger partial charge on any atom is 0.220 e. The largest absolute Gasteiger partial charge is 0.393 e. The summed E-state index contributed by atoms with van der Waals surface area (Å²) in [4.78, 5) is 14.6. The maximum atomic E-state index is 12.4. The first-order valence-electron chi connectivity index (χ1n) is 14.4. The number of nitrogens with one attached hydrogen (secondary N) is 1. The first-order valence-corrected chi connectivity index (χ1v) is 14.4. The van der Waals surface area contributed by atoms with E-state index in [0.717, 1.165) is 70.9 Å². The molecule has 4 N–H and O–H groups in total. The number of amides is 1. The average Bonchev–Trinajstić information content (AvgIpc) is 3.15. The smallest absolute Gasteiger partial charge is 0.220 e. The molecule has 0 aliphatic heterocycles. The van der Waals surface area contributed by atoms with Crippen molar-refractivity contribution in [2.45, 2.75) is 103 Å². The van der Waals surface area contributed by atoms with Crippen LogP contribution in [0.25, 0.3) is 0 Å². The fourth-order valence-electron chi connectivity index (χ4n) is 9.40. The molecule has 0 aromatic heterocycles. The predicted octanol–water partition coefficient (Wildman–Crippen LogP) is 3.43. The van der Waals surface area contributed by atoms with Crippen molar-refractivity contribution in [3.05, 3.63) is 0 Å². The highest BCUT2D eigenvalue weighted by molar-refractivity contribution is 5.75. The van der Waals surface area contributed by atoms with Gasteiger partial charge in [0.2, 0.25) is 5.91 Å². The second-order valence-corrected chi connectivity index (χ2v) is 13.5. The lowest BCUT2D eigenvalue weighted by atomic mass is 9.43. The topological polar surface area (TPSA) is 93.0 Å². The Morgan fingerprint density at radius 2 is 1.80 bits per heavy atom. The highest BCUT2D eigenvalue weighted by Gasteiger charge is 2.65. The number of nitrogens with zero attached hydrogens (tertiary/aromatic N) is 1. The van der Waals surface area contributed by atoms with Gasteiger partial charge in [0, 0.05) is 13.0 Å². The number of carbonyl (C=O) groups is 1. The molecule has 4 aliphatic carbocycles. The first-order chi connectivity index (χ1) is 16.5. The Bertz CT molecular complexity index is 746. The molecule has 4 fully saturated rings. The van der Waals surface area contributed by atoms with Crippen LogP contribution in [0.15, 0.2) is 0 Å². The minimum atomic E-state index is -0.363. The third kappa shape index (κ3) is 5.06. The lowest BCUT2D eigenvalue weighted by Gasteiger charge is -2.63.